The lowest BCUT2D eigenvalue weighted by molar-refractivity contribution is 0.512. The molecule has 5 aromatic carbocycles. The van der Waals surface area contributed by atoms with E-state index in [9.17, 15) is 0 Å². The maximum absolute atomic E-state index is 7.66. The third-order valence-electron chi connectivity index (χ3n) is 7.65. The second-order valence-corrected chi connectivity index (χ2v) is 14.6. The third-order valence-corrected chi connectivity index (χ3v) is 11.8. The summed E-state index contributed by atoms with van der Waals surface area (Å²) in [5.74, 6) is 2.29. The Bertz CT molecular complexity index is 1790. The van der Waals surface area contributed by atoms with Gasteiger partial charge in [0.15, 0.2) is 5.75 Å². The number of aromatic nitrogens is 1. The Morgan fingerprint density at radius 3 is 1.51 bits per heavy atom. The van der Waals surface area contributed by atoms with E-state index in [2.05, 4.69) is 148 Å². The minimum Gasteiger partial charge on any atom is -0.440 e. The molecule has 0 fully saturated rings. The number of pyridine rings is 1. The summed E-state index contributed by atoms with van der Waals surface area (Å²) in [6, 6.07) is 44.4. The third kappa shape index (κ3) is 6.50. The molecule has 0 amide bonds. The fourth-order valence-corrected chi connectivity index (χ4v) is 9.86. The predicted octanol–water partition coefficient (Wildman–Crippen LogP) is 9.24. The van der Waals surface area contributed by atoms with E-state index in [4.69, 9.17) is 13.6 Å². The number of nitrogens with zero attached hydrogens (tertiary/aromatic N) is 1. The lowest BCUT2D eigenvalue weighted by Crippen LogP contribution is -2.35. The summed E-state index contributed by atoms with van der Waals surface area (Å²) in [5.41, 5.74) is 6.37. The lowest BCUT2D eigenvalue weighted by atomic mass is 9.95. The van der Waals surface area contributed by atoms with Crippen LogP contribution in [0.3, 0.4) is 0 Å². The maximum atomic E-state index is 7.66. The molecule has 6 aromatic rings. The van der Waals surface area contributed by atoms with Crippen LogP contribution in [0.25, 0.3) is 11.1 Å². The van der Waals surface area contributed by atoms with E-state index in [0.29, 0.717) is 5.75 Å². The van der Waals surface area contributed by atoms with Gasteiger partial charge in [-0.25, -0.2) is 0 Å². The normalized spacial score (nSPS) is 11.5. The van der Waals surface area contributed by atoms with E-state index >= 15 is 0 Å². The van der Waals surface area contributed by atoms with Gasteiger partial charge in [0.05, 0.1) is 6.20 Å². The Hall–Kier alpha value is -4.49. The molecule has 0 aliphatic heterocycles. The van der Waals surface area contributed by atoms with Gasteiger partial charge in [0, 0.05) is 17.3 Å². The molecule has 1 aromatic heterocycles. The number of benzene rings is 5. The SMILES string of the molecule is Cc1cc(C)c(OPOc2cccnc2)c(-c2cc(C)cc(C)c2O[P+](c2ccccc2)(c2ccccc2)c2ccccc2)c1. The summed E-state index contributed by atoms with van der Waals surface area (Å²) in [6.45, 7) is 8.47. The van der Waals surface area contributed by atoms with Crippen molar-refractivity contribution < 1.29 is 13.6 Å². The summed E-state index contributed by atoms with van der Waals surface area (Å²) >= 11 is 0. The van der Waals surface area contributed by atoms with Gasteiger partial charge in [-0.2, -0.15) is 0 Å². The molecule has 0 bridgehead atoms. The van der Waals surface area contributed by atoms with Crippen LogP contribution in [0.4, 0.5) is 0 Å². The van der Waals surface area contributed by atoms with Crippen molar-refractivity contribution in [2.75, 3.05) is 0 Å². The van der Waals surface area contributed by atoms with Gasteiger partial charge in [-0.15, -0.1) is 0 Å². The standard InChI is InChI=1S/C39H36NO3P2/c1-28-23-30(3)38(42-44-41-32-15-14-22-40-27-32)36(25-28)37-26-29(2)24-31(4)39(37)43-45(33-16-8-5-9-17-33,34-18-10-6-11-19-34)35-20-12-7-13-21-35/h5-27,44H,1-4H3/q+1. The predicted molar refractivity (Wildman–Crippen MR) is 190 cm³/mol. The number of hydrogen-bond acceptors (Lipinski definition) is 4. The molecule has 1 atom stereocenters. The molecule has 0 aliphatic rings. The molecule has 224 valence electrons. The van der Waals surface area contributed by atoms with Crippen LogP contribution in [0.2, 0.25) is 0 Å². The molecule has 45 heavy (non-hydrogen) atoms. The molecule has 6 rings (SSSR count). The zero-order valence-corrected chi connectivity index (χ0v) is 27.8. The summed E-state index contributed by atoms with van der Waals surface area (Å²) in [4.78, 5) is 4.16. The first-order chi connectivity index (χ1) is 22.0. The molecule has 0 aliphatic carbocycles. The van der Waals surface area contributed by atoms with Crippen molar-refractivity contribution in [3.05, 3.63) is 162 Å². The van der Waals surface area contributed by atoms with Gasteiger partial charge in [0.2, 0.25) is 0 Å². The molecule has 1 heterocycles. The highest BCUT2D eigenvalue weighted by Crippen LogP contribution is 2.58. The highest BCUT2D eigenvalue weighted by molar-refractivity contribution is 7.92. The van der Waals surface area contributed by atoms with E-state index in [1.54, 1.807) is 12.4 Å². The second-order valence-electron chi connectivity index (χ2n) is 11.1. The monoisotopic (exact) mass is 628 g/mol. The van der Waals surface area contributed by atoms with E-state index in [1.165, 1.54) is 0 Å². The fraction of sp³-hybridized carbons (Fsp3) is 0.103. The van der Waals surface area contributed by atoms with Gasteiger partial charge in [-0.05, 0) is 111 Å². The first kappa shape index (κ1) is 30.5. The Balaban J connectivity index is 1.55. The maximum Gasteiger partial charge on any atom is 0.287 e. The van der Waals surface area contributed by atoms with Crippen molar-refractivity contribution >= 4 is 32.4 Å². The Morgan fingerprint density at radius 1 is 0.533 bits per heavy atom. The molecular formula is C39H36NO3P2+. The quantitative estimate of drug-likeness (QED) is 0.142. The highest BCUT2D eigenvalue weighted by atomic mass is 31.2. The largest absolute Gasteiger partial charge is 0.440 e. The summed E-state index contributed by atoms with van der Waals surface area (Å²) < 4.78 is 20.0. The first-order valence-corrected chi connectivity index (χ1v) is 17.4. The summed E-state index contributed by atoms with van der Waals surface area (Å²) in [5, 5.41) is 3.45. The van der Waals surface area contributed by atoms with Crippen LogP contribution < -0.4 is 29.5 Å². The Labute approximate surface area is 268 Å². The van der Waals surface area contributed by atoms with Gasteiger partial charge >= 0.3 is 0 Å². The van der Waals surface area contributed by atoms with Crippen molar-refractivity contribution in [2.24, 2.45) is 0 Å². The van der Waals surface area contributed by atoms with Gasteiger partial charge in [-0.3, -0.25) is 4.98 Å². The summed E-state index contributed by atoms with van der Waals surface area (Å²) in [6.07, 6.45) is 3.42. The molecular weight excluding hydrogens is 592 g/mol. The zero-order chi connectivity index (χ0) is 31.2. The molecule has 1 unspecified atom stereocenters. The Morgan fingerprint density at radius 2 is 1.02 bits per heavy atom. The van der Waals surface area contributed by atoms with Crippen LogP contribution in [0.5, 0.6) is 17.2 Å². The van der Waals surface area contributed by atoms with Crippen LogP contribution >= 0.6 is 16.5 Å². The van der Waals surface area contributed by atoms with Crippen LogP contribution in [-0.2, 0) is 0 Å². The lowest BCUT2D eigenvalue weighted by Gasteiger charge is -2.28. The van der Waals surface area contributed by atoms with E-state index in [0.717, 1.165) is 60.8 Å². The fourth-order valence-electron chi connectivity index (χ4n) is 5.74. The topological polar surface area (TPSA) is 40.6 Å². The number of aryl methyl sites for hydroxylation is 4. The summed E-state index contributed by atoms with van der Waals surface area (Å²) in [7, 11) is -2.87. The smallest absolute Gasteiger partial charge is 0.287 e. The van der Waals surface area contributed by atoms with Gasteiger partial charge in [-0.1, -0.05) is 66.7 Å². The van der Waals surface area contributed by atoms with Crippen molar-refractivity contribution in [3.63, 3.8) is 0 Å². The first-order valence-electron chi connectivity index (χ1n) is 14.9. The van der Waals surface area contributed by atoms with Crippen molar-refractivity contribution in [1.29, 1.82) is 0 Å². The minimum absolute atomic E-state index is 0.239. The van der Waals surface area contributed by atoms with Crippen molar-refractivity contribution in [2.45, 2.75) is 27.7 Å². The average Bonchev–Trinajstić information content (AvgIpc) is 3.07. The van der Waals surface area contributed by atoms with Gasteiger partial charge in [0.25, 0.3) is 16.5 Å². The molecule has 0 spiro atoms. The van der Waals surface area contributed by atoms with Crippen LogP contribution in [0.1, 0.15) is 22.3 Å². The zero-order valence-electron chi connectivity index (χ0n) is 25.9. The molecule has 0 saturated carbocycles. The van der Waals surface area contributed by atoms with Crippen molar-refractivity contribution in [3.8, 4) is 28.4 Å². The molecule has 6 heteroatoms. The van der Waals surface area contributed by atoms with Crippen LogP contribution in [-0.4, -0.2) is 4.98 Å². The molecule has 4 nitrogen and oxygen atoms in total. The van der Waals surface area contributed by atoms with Gasteiger partial charge in [0.1, 0.15) is 27.4 Å². The Kier molecular flexibility index (Phi) is 9.26. The number of rotatable bonds is 10. The molecule has 0 saturated heterocycles. The second kappa shape index (κ2) is 13.7. The van der Waals surface area contributed by atoms with Crippen molar-refractivity contribution in [1.82, 2.24) is 4.98 Å². The van der Waals surface area contributed by atoms with E-state index < -0.39 is 7.49 Å². The van der Waals surface area contributed by atoms with Crippen LogP contribution in [0, 0.1) is 27.7 Å². The molecule has 0 N–H and O–H groups in total. The minimum atomic E-state index is -2.64. The number of hydrogen-bond donors (Lipinski definition) is 0. The highest BCUT2D eigenvalue weighted by Gasteiger charge is 2.50. The van der Waals surface area contributed by atoms with E-state index in [1.807, 2.05) is 12.1 Å². The molecule has 0 radical (unpaired) electrons. The van der Waals surface area contributed by atoms with Gasteiger partial charge < -0.3 is 13.6 Å². The van der Waals surface area contributed by atoms with Crippen LogP contribution in [0.15, 0.2) is 140 Å². The average molecular weight is 629 g/mol. The van der Waals surface area contributed by atoms with E-state index in [-0.39, 0.29) is 9.03 Å².